The minimum atomic E-state index is 0.207. The van der Waals surface area contributed by atoms with Crippen molar-refractivity contribution in [3.8, 4) is 0 Å². The number of alkyl halides is 1. The number of carbonyl (C=O) groups is 1. The standard InChI is InChI=1S/C11H21BrN2O/c1-11(2,8-13)9-3-5-14(6-4-9)10(15)7-12/h9H,3-8,13H2,1-2H3. The van der Waals surface area contributed by atoms with E-state index in [-0.39, 0.29) is 11.3 Å². The second kappa shape index (κ2) is 5.30. The number of amides is 1. The average Bonchev–Trinajstić information content (AvgIpc) is 2.28. The highest BCUT2D eigenvalue weighted by Gasteiger charge is 2.32. The van der Waals surface area contributed by atoms with Crippen molar-refractivity contribution in [1.29, 1.82) is 0 Å². The van der Waals surface area contributed by atoms with Gasteiger partial charge in [0, 0.05) is 13.1 Å². The first-order valence-corrected chi connectivity index (χ1v) is 6.67. The van der Waals surface area contributed by atoms with Crippen molar-refractivity contribution in [3.05, 3.63) is 0 Å². The lowest BCUT2D eigenvalue weighted by atomic mass is 9.74. The molecule has 15 heavy (non-hydrogen) atoms. The van der Waals surface area contributed by atoms with E-state index >= 15 is 0 Å². The summed E-state index contributed by atoms with van der Waals surface area (Å²) in [6.45, 7) is 6.94. The molecule has 0 aromatic heterocycles. The Morgan fingerprint density at radius 1 is 1.47 bits per heavy atom. The van der Waals surface area contributed by atoms with Crippen molar-refractivity contribution in [2.24, 2.45) is 17.1 Å². The van der Waals surface area contributed by atoms with Gasteiger partial charge >= 0.3 is 0 Å². The van der Waals surface area contributed by atoms with Crippen LogP contribution in [0.25, 0.3) is 0 Å². The van der Waals surface area contributed by atoms with Crippen LogP contribution in [-0.4, -0.2) is 35.8 Å². The maximum Gasteiger partial charge on any atom is 0.233 e. The molecule has 0 aliphatic carbocycles. The number of carbonyl (C=O) groups excluding carboxylic acids is 1. The minimum absolute atomic E-state index is 0.207. The summed E-state index contributed by atoms with van der Waals surface area (Å²) in [5, 5.41) is 0.442. The highest BCUT2D eigenvalue weighted by atomic mass is 79.9. The van der Waals surface area contributed by atoms with Gasteiger partial charge in [-0.2, -0.15) is 0 Å². The Labute approximate surface area is 101 Å². The molecule has 1 rings (SSSR count). The molecule has 1 fully saturated rings. The van der Waals surface area contributed by atoms with Gasteiger partial charge in [-0.25, -0.2) is 0 Å². The van der Waals surface area contributed by atoms with E-state index in [1.165, 1.54) is 0 Å². The molecular weight excluding hydrogens is 256 g/mol. The summed E-state index contributed by atoms with van der Waals surface area (Å²) in [7, 11) is 0. The number of nitrogens with two attached hydrogens (primary N) is 1. The Balaban J connectivity index is 2.46. The van der Waals surface area contributed by atoms with Crippen LogP contribution in [-0.2, 0) is 4.79 Å². The molecule has 4 heteroatoms. The normalized spacial score (nSPS) is 19.3. The van der Waals surface area contributed by atoms with Gasteiger partial charge in [-0.1, -0.05) is 29.8 Å². The van der Waals surface area contributed by atoms with Crippen molar-refractivity contribution >= 4 is 21.8 Å². The summed E-state index contributed by atoms with van der Waals surface area (Å²) in [5.74, 6) is 0.862. The highest BCUT2D eigenvalue weighted by Crippen LogP contribution is 2.33. The third-order valence-electron chi connectivity index (χ3n) is 3.59. The molecule has 0 radical (unpaired) electrons. The van der Waals surface area contributed by atoms with Gasteiger partial charge in [0.25, 0.3) is 0 Å². The molecule has 2 N–H and O–H groups in total. The van der Waals surface area contributed by atoms with Crippen molar-refractivity contribution in [1.82, 2.24) is 4.90 Å². The number of piperidine rings is 1. The molecule has 0 aromatic rings. The van der Waals surface area contributed by atoms with Gasteiger partial charge < -0.3 is 10.6 Å². The van der Waals surface area contributed by atoms with Crippen LogP contribution in [0.1, 0.15) is 26.7 Å². The van der Waals surface area contributed by atoms with Crippen molar-refractivity contribution < 1.29 is 4.79 Å². The number of likely N-dealkylation sites (tertiary alicyclic amines) is 1. The van der Waals surface area contributed by atoms with Crippen molar-refractivity contribution in [2.75, 3.05) is 25.0 Å². The van der Waals surface area contributed by atoms with E-state index in [0.717, 1.165) is 32.5 Å². The smallest absolute Gasteiger partial charge is 0.233 e. The van der Waals surface area contributed by atoms with Crippen LogP contribution < -0.4 is 5.73 Å². The van der Waals surface area contributed by atoms with Crippen LogP contribution in [0.3, 0.4) is 0 Å². The van der Waals surface area contributed by atoms with E-state index in [0.29, 0.717) is 11.2 Å². The maximum absolute atomic E-state index is 11.4. The zero-order valence-corrected chi connectivity index (χ0v) is 11.2. The van der Waals surface area contributed by atoms with Gasteiger partial charge in [0.05, 0.1) is 5.33 Å². The lowest BCUT2D eigenvalue weighted by Crippen LogP contribution is -2.44. The van der Waals surface area contributed by atoms with E-state index in [9.17, 15) is 4.79 Å². The average molecular weight is 277 g/mol. The van der Waals surface area contributed by atoms with Gasteiger partial charge in [-0.05, 0) is 30.7 Å². The molecule has 0 bridgehead atoms. The van der Waals surface area contributed by atoms with Gasteiger partial charge in [0.15, 0.2) is 0 Å². The van der Waals surface area contributed by atoms with Gasteiger partial charge in [-0.15, -0.1) is 0 Å². The zero-order valence-electron chi connectivity index (χ0n) is 9.63. The van der Waals surface area contributed by atoms with Gasteiger partial charge in [0.1, 0.15) is 0 Å². The molecule has 0 atom stereocenters. The molecule has 0 spiro atoms. The third-order valence-corrected chi connectivity index (χ3v) is 4.07. The molecule has 88 valence electrons. The number of rotatable bonds is 3. The van der Waals surface area contributed by atoms with Crippen LogP contribution in [0, 0.1) is 11.3 Å². The Kier molecular flexibility index (Phi) is 4.59. The SMILES string of the molecule is CC(C)(CN)C1CCN(C(=O)CBr)CC1. The second-order valence-corrected chi connectivity index (χ2v) is 5.54. The fraction of sp³-hybridized carbons (Fsp3) is 0.909. The number of halogens is 1. The maximum atomic E-state index is 11.4. The van der Waals surface area contributed by atoms with E-state index in [1.807, 2.05) is 4.90 Å². The molecule has 1 heterocycles. The predicted molar refractivity (Wildman–Crippen MR) is 65.9 cm³/mol. The first-order chi connectivity index (χ1) is 7.01. The van der Waals surface area contributed by atoms with Crippen LogP contribution in [0.4, 0.5) is 0 Å². The fourth-order valence-electron chi connectivity index (χ4n) is 2.16. The lowest BCUT2D eigenvalue weighted by molar-refractivity contribution is -0.130. The quantitative estimate of drug-likeness (QED) is 0.797. The summed E-state index contributed by atoms with van der Waals surface area (Å²) >= 11 is 3.21. The molecule has 1 aliphatic rings. The Bertz CT molecular complexity index is 223. The largest absolute Gasteiger partial charge is 0.342 e. The van der Waals surface area contributed by atoms with E-state index in [1.54, 1.807) is 0 Å². The Hall–Kier alpha value is -0.0900. The van der Waals surface area contributed by atoms with E-state index in [4.69, 9.17) is 5.73 Å². The molecule has 0 unspecified atom stereocenters. The number of nitrogens with zero attached hydrogens (tertiary/aromatic N) is 1. The van der Waals surface area contributed by atoms with Crippen molar-refractivity contribution in [2.45, 2.75) is 26.7 Å². The molecule has 3 nitrogen and oxygen atoms in total. The third kappa shape index (κ3) is 3.18. The summed E-state index contributed by atoms with van der Waals surface area (Å²) in [6.07, 6.45) is 2.17. The van der Waals surface area contributed by atoms with Gasteiger partial charge in [-0.3, -0.25) is 4.79 Å². The first-order valence-electron chi connectivity index (χ1n) is 5.55. The van der Waals surface area contributed by atoms with E-state index in [2.05, 4.69) is 29.8 Å². The number of hydrogen-bond acceptors (Lipinski definition) is 2. The topological polar surface area (TPSA) is 46.3 Å². The van der Waals surface area contributed by atoms with Crippen LogP contribution in [0.2, 0.25) is 0 Å². The van der Waals surface area contributed by atoms with Crippen LogP contribution in [0.15, 0.2) is 0 Å². The highest BCUT2D eigenvalue weighted by molar-refractivity contribution is 9.09. The zero-order chi connectivity index (χ0) is 11.5. The molecule has 1 aliphatic heterocycles. The fourth-order valence-corrected chi connectivity index (χ4v) is 2.52. The first kappa shape index (κ1) is 13.0. The van der Waals surface area contributed by atoms with Crippen molar-refractivity contribution in [3.63, 3.8) is 0 Å². The summed E-state index contributed by atoms with van der Waals surface area (Å²) in [6, 6.07) is 0. The lowest BCUT2D eigenvalue weighted by Gasteiger charge is -2.40. The monoisotopic (exact) mass is 276 g/mol. The summed E-state index contributed by atoms with van der Waals surface area (Å²) in [5.41, 5.74) is 5.98. The minimum Gasteiger partial charge on any atom is -0.342 e. The van der Waals surface area contributed by atoms with Crippen LogP contribution >= 0.6 is 15.9 Å². The van der Waals surface area contributed by atoms with E-state index < -0.39 is 0 Å². The molecule has 1 saturated heterocycles. The van der Waals surface area contributed by atoms with Gasteiger partial charge in [0.2, 0.25) is 5.91 Å². The molecule has 0 saturated carbocycles. The predicted octanol–water partition coefficient (Wildman–Crippen LogP) is 1.60. The Morgan fingerprint density at radius 2 is 2.00 bits per heavy atom. The molecule has 1 amide bonds. The molecule has 0 aromatic carbocycles. The summed E-state index contributed by atoms with van der Waals surface area (Å²) < 4.78 is 0. The molecular formula is C11H21BrN2O. The van der Waals surface area contributed by atoms with Crippen LogP contribution in [0.5, 0.6) is 0 Å². The number of hydrogen-bond donors (Lipinski definition) is 1. The second-order valence-electron chi connectivity index (χ2n) is 4.98. The summed E-state index contributed by atoms with van der Waals surface area (Å²) in [4.78, 5) is 13.4. The Morgan fingerprint density at radius 3 is 2.40 bits per heavy atom.